The first-order valence-electron chi connectivity index (χ1n) is 13.2. The molecule has 5 aromatic carbocycles. The molecule has 5 aromatic rings. The third-order valence-corrected chi connectivity index (χ3v) is 7.42. The fraction of sp³-hybridized carbons (Fsp3) is 0.0323. The number of nitrogens with zero attached hydrogens (tertiary/aromatic N) is 4. The number of benzene rings is 5. The van der Waals surface area contributed by atoms with E-state index < -0.39 is 56.2 Å². The second-order valence-corrected chi connectivity index (χ2v) is 11.1. The van der Waals surface area contributed by atoms with Gasteiger partial charge in [0.25, 0.3) is 10.1 Å². The molecule has 0 heterocycles. The van der Waals surface area contributed by atoms with Gasteiger partial charge in [-0.15, -0.1) is 5.11 Å². The molecule has 49 heavy (non-hydrogen) atoms. The fourth-order valence-electron chi connectivity index (χ4n) is 4.33. The number of hydrogen-bond acceptors (Lipinski definition) is 12. The number of rotatable bonds is 10. The van der Waals surface area contributed by atoms with Crippen molar-refractivity contribution in [1.29, 1.82) is 0 Å². The van der Waals surface area contributed by atoms with Gasteiger partial charge in [0, 0.05) is 5.69 Å². The van der Waals surface area contributed by atoms with Crippen molar-refractivity contribution in [1.82, 2.24) is 0 Å². The van der Waals surface area contributed by atoms with Gasteiger partial charge in [0.05, 0.1) is 40.8 Å². The van der Waals surface area contributed by atoms with E-state index in [0.717, 1.165) is 29.3 Å². The molecule has 0 saturated carbocycles. The maximum Gasteiger partial charge on any atom is 1.00 e. The van der Waals surface area contributed by atoms with E-state index in [1.54, 1.807) is 48.5 Å². The molecule has 0 bridgehead atoms. The molecule has 18 heteroatoms. The Morgan fingerprint density at radius 3 is 1.78 bits per heavy atom. The number of carboxylic acid groups (broad SMARTS) is 2. The van der Waals surface area contributed by atoms with E-state index >= 15 is 0 Å². The Balaban J connectivity index is 0.00000278. The molecule has 0 amide bonds. The van der Waals surface area contributed by atoms with Crippen LogP contribution in [0.1, 0.15) is 10.4 Å². The van der Waals surface area contributed by atoms with Crippen molar-refractivity contribution in [3.05, 3.63) is 96.6 Å². The standard InChI is InChI=1S/C31H23N5O9S.3Na/c37-26-12-10-23(15-25(26)31(41)42)35-33-20-5-1-17(2-6-20)18-3-7-21(8-4-18)34-36-29-27(46(43,44)45)14-19-13-22(32-16-28(38)39)9-11-24(19)30(29)40;;;/h1-15,32,37,40H,16H2,(H,38,39)(H,41,42)(H,43,44,45);;;/q;3*+1/p-3. The van der Waals surface area contributed by atoms with Gasteiger partial charge in [-0.2, -0.15) is 23.8 Å². The summed E-state index contributed by atoms with van der Waals surface area (Å²) >= 11 is 0. The monoisotopic (exact) mass is 707 g/mol. The van der Waals surface area contributed by atoms with Crippen LogP contribution in [0.4, 0.5) is 28.4 Å². The molecule has 0 aliphatic heterocycles. The molecule has 0 fully saturated rings. The Labute approximate surface area is 345 Å². The first-order valence-corrected chi connectivity index (χ1v) is 14.6. The van der Waals surface area contributed by atoms with Crippen LogP contribution >= 0.6 is 0 Å². The van der Waals surface area contributed by atoms with E-state index in [1.165, 1.54) is 24.3 Å². The van der Waals surface area contributed by atoms with Crippen LogP contribution in [-0.2, 0) is 14.9 Å². The van der Waals surface area contributed by atoms with Crippen LogP contribution in [-0.4, -0.2) is 36.6 Å². The average molecular weight is 708 g/mol. The van der Waals surface area contributed by atoms with Gasteiger partial charge in [0.1, 0.15) is 4.90 Å². The van der Waals surface area contributed by atoms with Crippen molar-refractivity contribution >= 4 is 61.3 Å². The van der Waals surface area contributed by atoms with Gasteiger partial charge in [-0.1, -0.05) is 47.9 Å². The summed E-state index contributed by atoms with van der Waals surface area (Å²) in [5.74, 6) is -4.15. The number of nitrogens with one attached hydrogen (secondary N) is 1. The molecular weight excluding hydrogens is 687 g/mol. The maximum absolute atomic E-state index is 13.1. The smallest absolute Gasteiger partial charge is 0.872 e. The molecule has 0 unspecified atom stereocenters. The van der Waals surface area contributed by atoms with E-state index in [0.29, 0.717) is 5.69 Å². The Morgan fingerprint density at radius 2 is 1.24 bits per heavy atom. The Bertz CT molecular complexity index is 2170. The number of aliphatic carboxylic acids is 1. The number of hydrogen-bond donors (Lipinski definition) is 3. The molecule has 0 aliphatic carbocycles. The van der Waals surface area contributed by atoms with Gasteiger partial charge in [0.2, 0.25) is 0 Å². The van der Waals surface area contributed by atoms with Crippen molar-refractivity contribution in [2.75, 3.05) is 11.9 Å². The summed E-state index contributed by atoms with van der Waals surface area (Å²) in [5, 5.41) is 63.2. The van der Waals surface area contributed by atoms with Crippen molar-refractivity contribution in [2.45, 2.75) is 4.90 Å². The van der Waals surface area contributed by atoms with Gasteiger partial charge < -0.3 is 30.5 Å². The molecule has 0 saturated heterocycles. The summed E-state index contributed by atoms with van der Waals surface area (Å²) in [4.78, 5) is 21.1. The summed E-state index contributed by atoms with van der Waals surface area (Å²) < 4.78 is 34.0. The largest absolute Gasteiger partial charge is 1.00 e. The van der Waals surface area contributed by atoms with Gasteiger partial charge in [-0.3, -0.25) is 4.55 Å². The Hall–Kier alpha value is -3.19. The van der Waals surface area contributed by atoms with Crippen molar-refractivity contribution in [2.24, 2.45) is 20.5 Å². The van der Waals surface area contributed by atoms with Crippen LogP contribution in [0.25, 0.3) is 21.9 Å². The molecule has 3 N–H and O–H groups in total. The number of aromatic carboxylic acids is 1. The summed E-state index contributed by atoms with van der Waals surface area (Å²) in [5.41, 5.74) is 1.82. The summed E-state index contributed by atoms with van der Waals surface area (Å²) in [6.07, 6.45) is 0. The predicted octanol–water partition coefficient (Wildman–Crippen LogP) is -4.40. The van der Waals surface area contributed by atoms with E-state index in [1.807, 2.05) is 0 Å². The molecular formula is C31H20N5Na3O9S. The second kappa shape index (κ2) is 18.2. The number of carboxylic acids is 2. The van der Waals surface area contributed by atoms with Crippen LogP contribution < -0.4 is 109 Å². The van der Waals surface area contributed by atoms with Gasteiger partial charge in [0.15, 0.2) is 0 Å². The molecule has 5 rings (SSSR count). The molecule has 0 atom stereocenters. The summed E-state index contributed by atoms with van der Waals surface area (Å²) in [7, 11) is -4.89. The van der Waals surface area contributed by atoms with Crippen LogP contribution in [0.5, 0.6) is 11.5 Å². The van der Waals surface area contributed by atoms with E-state index in [9.17, 15) is 37.9 Å². The summed E-state index contributed by atoms with van der Waals surface area (Å²) in [6.45, 7) is -0.512. The first kappa shape index (κ1) is 42.0. The number of carbonyl (C=O) groups is 2. The van der Waals surface area contributed by atoms with Gasteiger partial charge in [-0.05, 0) is 76.5 Å². The minimum Gasteiger partial charge on any atom is -0.872 e. The quantitative estimate of drug-likeness (QED) is 0.0716. The normalized spacial score (nSPS) is 11.0. The SMILES string of the molecule is O=C([O-])CNc1ccc2c([O-])c(N=Nc3ccc(-c4ccc(N=Nc5ccc([O-])c(C(=O)O)c5)cc4)cc3)c(S(=O)(=O)O)cc2c1.[Na+].[Na+].[Na+]. The number of azo groups is 2. The zero-order valence-corrected chi connectivity index (χ0v) is 33.1. The molecule has 0 radical (unpaired) electrons. The second-order valence-electron chi connectivity index (χ2n) is 9.67. The molecule has 232 valence electrons. The average Bonchev–Trinajstić information content (AvgIpc) is 3.02. The van der Waals surface area contributed by atoms with Crippen LogP contribution in [0.15, 0.2) is 116 Å². The Morgan fingerprint density at radius 1 is 0.714 bits per heavy atom. The minimum absolute atomic E-state index is 0. The number of carbonyl (C=O) groups excluding carboxylic acids is 1. The van der Waals surface area contributed by atoms with Crippen LogP contribution in [0, 0.1) is 0 Å². The van der Waals surface area contributed by atoms with Crippen molar-refractivity contribution in [3.8, 4) is 22.6 Å². The van der Waals surface area contributed by atoms with Gasteiger partial charge in [-0.25, -0.2) is 4.79 Å². The third-order valence-electron chi connectivity index (χ3n) is 6.55. The van der Waals surface area contributed by atoms with Crippen LogP contribution in [0.3, 0.4) is 0 Å². The van der Waals surface area contributed by atoms with E-state index in [4.69, 9.17) is 5.11 Å². The minimum atomic E-state index is -4.89. The zero-order chi connectivity index (χ0) is 33.0. The van der Waals surface area contributed by atoms with Crippen LogP contribution in [0.2, 0.25) is 0 Å². The third kappa shape index (κ3) is 10.7. The Kier molecular flexibility index (Phi) is 15.6. The molecule has 0 spiro atoms. The van der Waals surface area contributed by atoms with Crippen molar-refractivity contribution < 1.29 is 132 Å². The first-order chi connectivity index (χ1) is 21.9. The number of anilines is 1. The molecule has 0 aromatic heterocycles. The maximum atomic E-state index is 13.1. The van der Waals surface area contributed by atoms with E-state index in [2.05, 4.69) is 25.8 Å². The summed E-state index contributed by atoms with van der Waals surface area (Å²) in [6, 6.07) is 22.3. The molecule has 14 nitrogen and oxygen atoms in total. The fourth-order valence-corrected chi connectivity index (χ4v) is 4.98. The van der Waals surface area contributed by atoms with Crippen molar-refractivity contribution in [3.63, 3.8) is 0 Å². The predicted molar refractivity (Wildman–Crippen MR) is 160 cm³/mol. The molecule has 0 aliphatic rings. The zero-order valence-electron chi connectivity index (χ0n) is 26.3. The van der Waals surface area contributed by atoms with Gasteiger partial charge >= 0.3 is 94.6 Å². The van der Waals surface area contributed by atoms with E-state index in [-0.39, 0.29) is 117 Å². The number of fused-ring (bicyclic) bond motifs is 1. The topological polar surface area (TPSA) is 239 Å².